The molecule has 0 bridgehead atoms. The van der Waals surface area contributed by atoms with Gasteiger partial charge in [-0.3, -0.25) is 14.4 Å². The topological polar surface area (TPSA) is 87.3 Å². The second kappa shape index (κ2) is 9.52. The van der Waals surface area contributed by atoms with Gasteiger partial charge in [-0.05, 0) is 25.8 Å². The average Bonchev–Trinajstić information content (AvgIpc) is 2.28. The van der Waals surface area contributed by atoms with Crippen molar-refractivity contribution in [2.24, 2.45) is 0 Å². The third kappa shape index (κ3) is 7.93. The van der Waals surface area contributed by atoms with E-state index in [9.17, 15) is 14.4 Å². The summed E-state index contributed by atoms with van der Waals surface area (Å²) in [6.07, 6.45) is 3.33. The second-order valence-corrected chi connectivity index (χ2v) is 8.02. The molecule has 0 saturated heterocycles. The summed E-state index contributed by atoms with van der Waals surface area (Å²) in [5.41, 5.74) is 0. The summed E-state index contributed by atoms with van der Waals surface area (Å²) >= 11 is 0. The average molecular weight is 301 g/mol. The largest absolute Gasteiger partial charge is 0.375 e. The molecular formula is C13H27N3O3Si. The lowest BCUT2D eigenvalue weighted by Crippen LogP contribution is -2.73. The van der Waals surface area contributed by atoms with Crippen molar-refractivity contribution in [2.45, 2.75) is 65.8 Å². The van der Waals surface area contributed by atoms with E-state index in [0.717, 1.165) is 19.3 Å². The van der Waals surface area contributed by atoms with Gasteiger partial charge in [0.05, 0.1) is 0 Å². The zero-order chi connectivity index (χ0) is 15.6. The van der Waals surface area contributed by atoms with Crippen molar-refractivity contribution in [3.63, 3.8) is 0 Å². The molecule has 0 radical (unpaired) electrons. The predicted octanol–water partition coefficient (Wildman–Crippen LogP) is 1.30. The molecule has 0 heterocycles. The molecule has 6 nitrogen and oxygen atoms in total. The summed E-state index contributed by atoms with van der Waals surface area (Å²) in [5, 5.41) is 0. The molecule has 0 aromatic rings. The number of nitrogens with one attached hydrogen (secondary N) is 3. The van der Waals surface area contributed by atoms with Crippen LogP contribution in [-0.2, 0) is 14.4 Å². The number of amides is 3. The van der Waals surface area contributed by atoms with E-state index in [1.54, 1.807) is 6.55 Å². The van der Waals surface area contributed by atoms with Crippen LogP contribution < -0.4 is 14.9 Å². The van der Waals surface area contributed by atoms with E-state index in [2.05, 4.69) is 14.9 Å². The fourth-order valence-corrected chi connectivity index (χ4v) is 4.03. The van der Waals surface area contributed by atoms with Gasteiger partial charge in [0.2, 0.25) is 17.7 Å². The smallest absolute Gasteiger partial charge is 0.348 e. The lowest BCUT2D eigenvalue weighted by atomic mass is 10.3. The first-order chi connectivity index (χ1) is 9.36. The monoisotopic (exact) mass is 301 g/mol. The van der Waals surface area contributed by atoms with Crippen LogP contribution in [-0.4, -0.2) is 26.3 Å². The van der Waals surface area contributed by atoms with E-state index >= 15 is 0 Å². The predicted molar refractivity (Wildman–Crippen MR) is 80.8 cm³/mol. The minimum absolute atomic E-state index is 0.143. The third-order valence-electron chi connectivity index (χ3n) is 2.60. The SMILES string of the molecule is CCCC(=O)N[Si](C)(NC(=O)CCC)NC(=O)CCC. The van der Waals surface area contributed by atoms with Crippen LogP contribution in [0.3, 0.4) is 0 Å². The van der Waals surface area contributed by atoms with Crippen LogP contribution in [0.2, 0.25) is 6.55 Å². The highest BCUT2D eigenvalue weighted by molar-refractivity contribution is 6.77. The van der Waals surface area contributed by atoms with Crippen molar-refractivity contribution < 1.29 is 14.4 Å². The molecule has 7 heteroatoms. The van der Waals surface area contributed by atoms with Gasteiger partial charge in [-0.15, -0.1) is 0 Å². The summed E-state index contributed by atoms with van der Waals surface area (Å²) in [7, 11) is -2.85. The molecule has 0 aromatic heterocycles. The van der Waals surface area contributed by atoms with E-state index in [1.807, 2.05) is 20.8 Å². The number of carbonyl (C=O) groups excluding carboxylic acids is 3. The first-order valence-corrected chi connectivity index (χ1v) is 9.79. The Kier molecular flexibility index (Phi) is 8.86. The van der Waals surface area contributed by atoms with Gasteiger partial charge in [0, 0.05) is 19.3 Å². The van der Waals surface area contributed by atoms with Crippen LogP contribution in [0.5, 0.6) is 0 Å². The van der Waals surface area contributed by atoms with Crippen molar-refractivity contribution in [1.82, 2.24) is 14.9 Å². The molecule has 0 aliphatic heterocycles. The van der Waals surface area contributed by atoms with Crippen molar-refractivity contribution in [1.29, 1.82) is 0 Å². The summed E-state index contributed by atoms with van der Waals surface area (Å²) in [6.45, 7) is 7.44. The molecule has 0 fully saturated rings. The Morgan fingerprint density at radius 3 is 1.15 bits per heavy atom. The highest BCUT2D eigenvalue weighted by Crippen LogP contribution is 1.97. The molecule has 116 valence electrons. The van der Waals surface area contributed by atoms with E-state index in [-0.39, 0.29) is 17.7 Å². The maximum Gasteiger partial charge on any atom is 0.375 e. The molecule has 0 unspecified atom stereocenters. The minimum atomic E-state index is -2.85. The van der Waals surface area contributed by atoms with Crippen LogP contribution >= 0.6 is 0 Å². The van der Waals surface area contributed by atoms with Gasteiger partial charge in [0.15, 0.2) is 0 Å². The van der Waals surface area contributed by atoms with Crippen molar-refractivity contribution in [3.05, 3.63) is 0 Å². The molecule has 3 N–H and O–H groups in total. The van der Waals surface area contributed by atoms with E-state index in [0.29, 0.717) is 19.3 Å². The number of carbonyl (C=O) groups is 3. The summed E-state index contributed by atoms with van der Waals surface area (Å²) < 4.78 is 0. The highest BCUT2D eigenvalue weighted by Gasteiger charge is 2.34. The Labute approximate surface area is 122 Å². The van der Waals surface area contributed by atoms with Gasteiger partial charge in [-0.2, -0.15) is 0 Å². The van der Waals surface area contributed by atoms with E-state index in [1.165, 1.54) is 0 Å². The molecule has 0 atom stereocenters. The molecule has 0 saturated carbocycles. The maximum atomic E-state index is 11.8. The van der Waals surface area contributed by atoms with Crippen LogP contribution in [0.4, 0.5) is 0 Å². The van der Waals surface area contributed by atoms with Crippen molar-refractivity contribution >= 4 is 26.3 Å². The molecule has 3 amide bonds. The van der Waals surface area contributed by atoms with Gasteiger partial charge in [0.25, 0.3) is 0 Å². The second-order valence-electron chi connectivity index (χ2n) is 5.02. The lowest BCUT2D eigenvalue weighted by Gasteiger charge is -2.29. The maximum absolute atomic E-state index is 11.8. The molecule has 0 aliphatic carbocycles. The Morgan fingerprint density at radius 2 is 0.950 bits per heavy atom. The molecule has 0 spiro atoms. The van der Waals surface area contributed by atoms with Gasteiger partial charge in [0.1, 0.15) is 0 Å². The van der Waals surface area contributed by atoms with Gasteiger partial charge >= 0.3 is 8.56 Å². The summed E-state index contributed by atoms with van der Waals surface area (Å²) in [6, 6.07) is 0. The van der Waals surface area contributed by atoms with Gasteiger partial charge in [-0.1, -0.05) is 20.8 Å². The Hall–Kier alpha value is -1.37. The fourth-order valence-electron chi connectivity index (χ4n) is 1.80. The standard InChI is InChI=1S/C13H27N3O3Si/c1-5-8-11(17)14-20(4,15-12(18)9-6-2)16-13(19)10-7-3/h5-10H2,1-4H3,(H,14,17)(H,15,18)(H,16,19). The number of rotatable bonds is 9. The Morgan fingerprint density at radius 1 is 0.700 bits per heavy atom. The fraction of sp³-hybridized carbons (Fsp3) is 0.769. The van der Waals surface area contributed by atoms with E-state index in [4.69, 9.17) is 0 Å². The number of hydrogen-bond acceptors (Lipinski definition) is 3. The molecule has 20 heavy (non-hydrogen) atoms. The van der Waals surface area contributed by atoms with Crippen molar-refractivity contribution in [2.75, 3.05) is 0 Å². The Bertz CT molecular complexity index is 297. The lowest BCUT2D eigenvalue weighted by molar-refractivity contribution is -0.120. The van der Waals surface area contributed by atoms with Crippen LogP contribution in [0.1, 0.15) is 59.3 Å². The Balaban J connectivity index is 4.77. The molecule has 0 rings (SSSR count). The third-order valence-corrected chi connectivity index (χ3v) is 4.94. The highest BCUT2D eigenvalue weighted by atomic mass is 28.4. The summed E-state index contributed by atoms with van der Waals surface area (Å²) in [5.74, 6) is -0.430. The van der Waals surface area contributed by atoms with Crippen LogP contribution in [0, 0.1) is 0 Å². The van der Waals surface area contributed by atoms with Crippen molar-refractivity contribution in [3.8, 4) is 0 Å². The molecule has 0 aromatic carbocycles. The van der Waals surface area contributed by atoms with E-state index < -0.39 is 8.56 Å². The normalized spacial score (nSPS) is 10.8. The first kappa shape index (κ1) is 18.6. The minimum Gasteiger partial charge on any atom is -0.348 e. The van der Waals surface area contributed by atoms with Crippen LogP contribution in [0.15, 0.2) is 0 Å². The first-order valence-electron chi connectivity index (χ1n) is 7.29. The quantitative estimate of drug-likeness (QED) is 0.561. The van der Waals surface area contributed by atoms with Crippen LogP contribution in [0.25, 0.3) is 0 Å². The van der Waals surface area contributed by atoms with Gasteiger partial charge < -0.3 is 14.9 Å². The zero-order valence-corrected chi connectivity index (χ0v) is 14.0. The van der Waals surface area contributed by atoms with Gasteiger partial charge in [-0.25, -0.2) is 0 Å². The number of hydrogen-bond donors (Lipinski definition) is 3. The zero-order valence-electron chi connectivity index (χ0n) is 13.0. The summed E-state index contributed by atoms with van der Waals surface area (Å²) in [4.78, 5) is 43.7. The molecule has 0 aliphatic rings. The molecular weight excluding hydrogens is 274 g/mol.